The van der Waals surface area contributed by atoms with Crippen LogP contribution in [0.15, 0.2) is 40.3 Å². The van der Waals surface area contributed by atoms with Crippen LogP contribution in [0.25, 0.3) is 0 Å². The number of benzene rings is 2. The molecule has 0 spiro atoms. The van der Waals surface area contributed by atoms with E-state index in [9.17, 15) is 23.6 Å². The monoisotopic (exact) mass is 411 g/mol. The molecule has 0 heterocycles. The molecule has 0 unspecified atom stereocenters. The summed E-state index contributed by atoms with van der Waals surface area (Å²) in [6.45, 7) is 0. The largest absolute Gasteiger partial charge is 0.502 e. The van der Waals surface area contributed by atoms with Gasteiger partial charge >= 0.3 is 5.69 Å². The summed E-state index contributed by atoms with van der Waals surface area (Å²) in [7, 11) is -0.214. The summed E-state index contributed by atoms with van der Waals surface area (Å²) in [5, 5.41) is 24.2. The van der Waals surface area contributed by atoms with Gasteiger partial charge in [-0.15, -0.1) is 0 Å². The van der Waals surface area contributed by atoms with E-state index in [1.54, 1.807) is 0 Å². The van der Waals surface area contributed by atoms with E-state index in [0.717, 1.165) is 12.3 Å². The van der Waals surface area contributed by atoms with Crippen molar-refractivity contribution in [1.29, 1.82) is 0 Å². The van der Waals surface area contributed by atoms with Crippen LogP contribution in [0.1, 0.15) is 5.56 Å². The van der Waals surface area contributed by atoms with E-state index < -0.39 is 26.4 Å². The van der Waals surface area contributed by atoms with Crippen LogP contribution in [-0.4, -0.2) is 46.0 Å². The SMILES string of the molecule is COc1ccc(S(=O)(=O)N/N=C/c2cccc([N+](=O)[O-])c2O)c(OC)c1OC. The number of phenols is 1. The highest BCUT2D eigenvalue weighted by Crippen LogP contribution is 2.41. The lowest BCUT2D eigenvalue weighted by Gasteiger charge is -2.15. The summed E-state index contributed by atoms with van der Waals surface area (Å²) in [6, 6.07) is 6.38. The molecular weight excluding hydrogens is 394 g/mol. The van der Waals surface area contributed by atoms with E-state index in [2.05, 4.69) is 5.10 Å². The molecule has 11 nitrogen and oxygen atoms in total. The van der Waals surface area contributed by atoms with Crippen molar-refractivity contribution in [2.24, 2.45) is 5.10 Å². The molecule has 150 valence electrons. The second-order valence-corrected chi connectivity index (χ2v) is 6.79. The van der Waals surface area contributed by atoms with Gasteiger partial charge in [-0.2, -0.15) is 18.4 Å². The van der Waals surface area contributed by atoms with E-state index >= 15 is 0 Å². The van der Waals surface area contributed by atoms with Gasteiger partial charge in [0, 0.05) is 11.6 Å². The third-order valence-corrected chi connectivity index (χ3v) is 4.82. The van der Waals surface area contributed by atoms with Crippen LogP contribution in [0.4, 0.5) is 5.69 Å². The van der Waals surface area contributed by atoms with E-state index in [-0.39, 0.29) is 27.7 Å². The Hall–Kier alpha value is -3.54. The predicted octanol–water partition coefficient (Wildman–Crippen LogP) is 1.64. The zero-order valence-corrected chi connectivity index (χ0v) is 15.9. The third-order valence-electron chi connectivity index (χ3n) is 3.58. The maximum Gasteiger partial charge on any atom is 0.311 e. The molecule has 0 atom stereocenters. The highest BCUT2D eigenvalue weighted by molar-refractivity contribution is 7.89. The number of para-hydroxylation sites is 1. The fraction of sp³-hybridized carbons (Fsp3) is 0.188. The van der Waals surface area contributed by atoms with Crippen LogP contribution in [0.3, 0.4) is 0 Å². The molecule has 0 aromatic heterocycles. The number of hydrogen-bond acceptors (Lipinski definition) is 9. The molecule has 0 radical (unpaired) electrons. The quantitative estimate of drug-likeness (QED) is 0.378. The number of phenolic OH excluding ortho intramolecular Hbond substituents is 1. The van der Waals surface area contributed by atoms with Gasteiger partial charge < -0.3 is 19.3 Å². The second-order valence-electron chi connectivity index (χ2n) is 5.16. The number of nitro benzene ring substituents is 1. The summed E-state index contributed by atoms with van der Waals surface area (Å²) >= 11 is 0. The highest BCUT2D eigenvalue weighted by atomic mass is 32.2. The summed E-state index contributed by atoms with van der Waals surface area (Å²) in [4.78, 5) is 11.7. The fourth-order valence-electron chi connectivity index (χ4n) is 2.30. The van der Waals surface area contributed by atoms with Crippen molar-refractivity contribution >= 4 is 21.9 Å². The number of aromatic hydroxyl groups is 1. The Morgan fingerprint density at radius 1 is 1.11 bits per heavy atom. The van der Waals surface area contributed by atoms with Crippen molar-refractivity contribution in [3.05, 3.63) is 46.0 Å². The minimum absolute atomic E-state index is 0.0452. The standard InChI is InChI=1S/C16H17N3O8S/c1-25-12-7-8-13(16(27-3)15(12)26-2)28(23,24)18-17-9-10-5-4-6-11(14(10)20)19(21)22/h4-9,18,20H,1-3H3/b17-9+. The lowest BCUT2D eigenvalue weighted by atomic mass is 10.2. The van der Waals surface area contributed by atoms with Gasteiger partial charge in [0.05, 0.1) is 32.5 Å². The number of rotatable bonds is 8. The minimum Gasteiger partial charge on any atom is -0.502 e. The summed E-state index contributed by atoms with van der Waals surface area (Å²) < 4.78 is 40.5. The first-order valence-electron chi connectivity index (χ1n) is 7.57. The van der Waals surface area contributed by atoms with Crippen LogP contribution in [0.5, 0.6) is 23.0 Å². The minimum atomic E-state index is -4.19. The van der Waals surface area contributed by atoms with Gasteiger partial charge in [-0.25, -0.2) is 0 Å². The number of methoxy groups -OCH3 is 3. The van der Waals surface area contributed by atoms with Crippen LogP contribution >= 0.6 is 0 Å². The Kier molecular flexibility index (Phi) is 6.26. The summed E-state index contributed by atoms with van der Waals surface area (Å²) in [5.41, 5.74) is -0.579. The Morgan fingerprint density at radius 3 is 2.36 bits per heavy atom. The first kappa shape index (κ1) is 20.8. The normalized spacial score (nSPS) is 11.2. The number of ether oxygens (including phenoxy) is 3. The van der Waals surface area contributed by atoms with E-state index in [4.69, 9.17) is 14.2 Å². The van der Waals surface area contributed by atoms with Gasteiger partial charge in [0.25, 0.3) is 10.0 Å². The first-order valence-corrected chi connectivity index (χ1v) is 9.05. The molecular formula is C16H17N3O8S. The lowest BCUT2D eigenvalue weighted by Crippen LogP contribution is -2.19. The van der Waals surface area contributed by atoms with Gasteiger partial charge in [0.15, 0.2) is 11.5 Å². The molecule has 0 aliphatic rings. The van der Waals surface area contributed by atoms with Crippen molar-refractivity contribution in [2.75, 3.05) is 21.3 Å². The highest BCUT2D eigenvalue weighted by Gasteiger charge is 2.25. The van der Waals surface area contributed by atoms with Crippen LogP contribution in [0.2, 0.25) is 0 Å². The lowest BCUT2D eigenvalue weighted by molar-refractivity contribution is -0.385. The topological polar surface area (TPSA) is 150 Å². The summed E-state index contributed by atoms with van der Waals surface area (Å²) in [5.74, 6) is -0.390. The Balaban J connectivity index is 2.37. The maximum atomic E-state index is 12.6. The zero-order valence-electron chi connectivity index (χ0n) is 15.1. The zero-order chi connectivity index (χ0) is 20.9. The van der Waals surface area contributed by atoms with Crippen LogP contribution in [0, 0.1) is 10.1 Å². The van der Waals surface area contributed by atoms with Crippen molar-refractivity contribution in [3.8, 4) is 23.0 Å². The molecule has 0 fully saturated rings. The van der Waals surface area contributed by atoms with Crippen molar-refractivity contribution in [1.82, 2.24) is 4.83 Å². The van der Waals surface area contributed by atoms with Crippen molar-refractivity contribution < 1.29 is 32.7 Å². The molecule has 0 amide bonds. The Bertz CT molecular complexity index is 1020. The smallest absolute Gasteiger partial charge is 0.311 e. The van der Waals surface area contributed by atoms with Crippen molar-refractivity contribution in [2.45, 2.75) is 4.90 Å². The fourth-order valence-corrected chi connectivity index (χ4v) is 3.26. The molecule has 2 aromatic rings. The van der Waals surface area contributed by atoms with Crippen LogP contribution < -0.4 is 19.0 Å². The van der Waals surface area contributed by atoms with Crippen LogP contribution in [-0.2, 0) is 10.0 Å². The molecule has 12 heteroatoms. The molecule has 0 aliphatic heterocycles. The van der Waals surface area contributed by atoms with E-state index in [1.165, 1.54) is 45.6 Å². The number of hydrazone groups is 1. The second kappa shape index (κ2) is 8.43. The third kappa shape index (κ3) is 4.06. The molecule has 2 rings (SSSR count). The van der Waals surface area contributed by atoms with E-state index in [1.807, 2.05) is 4.83 Å². The number of nitrogens with zero attached hydrogens (tertiary/aromatic N) is 2. The maximum absolute atomic E-state index is 12.6. The van der Waals surface area contributed by atoms with Gasteiger partial charge in [-0.05, 0) is 18.2 Å². The number of hydrogen-bond donors (Lipinski definition) is 2. The predicted molar refractivity (Wildman–Crippen MR) is 98.8 cm³/mol. The number of nitro groups is 1. The van der Waals surface area contributed by atoms with Gasteiger partial charge in [-0.1, -0.05) is 6.07 Å². The molecule has 28 heavy (non-hydrogen) atoms. The first-order chi connectivity index (χ1) is 13.3. The summed E-state index contributed by atoms with van der Waals surface area (Å²) in [6.07, 6.45) is 0.938. The molecule has 0 saturated heterocycles. The Morgan fingerprint density at radius 2 is 1.79 bits per heavy atom. The van der Waals surface area contributed by atoms with Gasteiger partial charge in [-0.3, -0.25) is 10.1 Å². The molecule has 0 saturated carbocycles. The van der Waals surface area contributed by atoms with Crippen molar-refractivity contribution in [3.63, 3.8) is 0 Å². The Labute approximate surface area is 160 Å². The average Bonchev–Trinajstić information content (AvgIpc) is 2.67. The number of nitrogens with one attached hydrogen (secondary N) is 1. The van der Waals surface area contributed by atoms with E-state index in [0.29, 0.717) is 0 Å². The molecule has 2 N–H and O–H groups in total. The van der Waals surface area contributed by atoms with Gasteiger partial charge in [0.2, 0.25) is 11.5 Å². The number of sulfonamides is 1. The molecule has 0 bridgehead atoms. The molecule has 0 aliphatic carbocycles. The van der Waals surface area contributed by atoms with Gasteiger partial charge in [0.1, 0.15) is 4.90 Å². The average molecular weight is 411 g/mol. The molecule has 2 aromatic carbocycles.